The number of benzene rings is 1. The molecule has 2 rings (SSSR count). The molecule has 98 valence electrons. The normalized spacial score (nSPS) is 10.0. The number of nitrogens with zero attached hydrogens (tertiary/aromatic N) is 2. The van der Waals surface area contributed by atoms with E-state index in [1.54, 1.807) is 0 Å². The third kappa shape index (κ3) is 3.26. The van der Waals surface area contributed by atoms with Crippen LogP contribution < -0.4 is 16.6 Å². The minimum absolute atomic E-state index is 0.226. The molecule has 0 radical (unpaired) electrons. The van der Waals surface area contributed by atoms with Crippen LogP contribution in [0.5, 0.6) is 0 Å². The number of hydrogen-bond acceptors (Lipinski definition) is 5. The molecule has 0 saturated heterocycles. The zero-order chi connectivity index (χ0) is 13.7. The molecule has 0 atom stereocenters. The monoisotopic (exact) mass is 257 g/mol. The number of nitrogens with one attached hydrogen (secondary N) is 2. The number of rotatable bonds is 4. The second kappa shape index (κ2) is 5.92. The first-order chi connectivity index (χ1) is 9.20. The van der Waals surface area contributed by atoms with E-state index >= 15 is 0 Å². The summed E-state index contributed by atoms with van der Waals surface area (Å²) in [6, 6.07) is 7.87. The van der Waals surface area contributed by atoms with Crippen LogP contribution in [0.4, 0.5) is 5.82 Å². The Labute approximate surface area is 111 Å². The van der Waals surface area contributed by atoms with Gasteiger partial charge in [-0.1, -0.05) is 24.3 Å². The van der Waals surface area contributed by atoms with Gasteiger partial charge in [-0.2, -0.15) is 0 Å². The van der Waals surface area contributed by atoms with Crippen LogP contribution in [0.25, 0.3) is 0 Å². The number of hydrazine groups is 1. The summed E-state index contributed by atoms with van der Waals surface area (Å²) in [4.78, 5) is 19.8. The Morgan fingerprint density at radius 3 is 2.84 bits per heavy atom. The standard InChI is InChI=1S/C13H15N5O/c1-9-4-2-3-5-10(9)6-16-13(19)11-7-15-8-12(17-11)18-14/h2-5,7-8H,6,14H2,1H3,(H,16,19)(H,17,18). The predicted molar refractivity (Wildman–Crippen MR) is 72.2 cm³/mol. The summed E-state index contributed by atoms with van der Waals surface area (Å²) < 4.78 is 0. The van der Waals surface area contributed by atoms with Gasteiger partial charge < -0.3 is 10.7 Å². The molecule has 0 fully saturated rings. The molecule has 0 spiro atoms. The van der Waals surface area contributed by atoms with E-state index in [0.717, 1.165) is 11.1 Å². The maximum Gasteiger partial charge on any atom is 0.271 e. The van der Waals surface area contributed by atoms with Crippen LogP contribution in [0, 0.1) is 6.92 Å². The average Bonchev–Trinajstić information content (AvgIpc) is 2.46. The molecule has 0 unspecified atom stereocenters. The molecule has 1 heterocycles. The molecule has 0 bridgehead atoms. The molecule has 1 amide bonds. The fraction of sp³-hybridized carbons (Fsp3) is 0.154. The van der Waals surface area contributed by atoms with Gasteiger partial charge in [0.05, 0.1) is 12.4 Å². The van der Waals surface area contributed by atoms with Crippen molar-refractivity contribution in [3.8, 4) is 0 Å². The number of aromatic nitrogens is 2. The summed E-state index contributed by atoms with van der Waals surface area (Å²) in [7, 11) is 0. The van der Waals surface area contributed by atoms with E-state index in [9.17, 15) is 4.79 Å². The van der Waals surface area contributed by atoms with Crippen molar-refractivity contribution in [2.45, 2.75) is 13.5 Å². The van der Waals surface area contributed by atoms with Gasteiger partial charge in [0.15, 0.2) is 5.82 Å². The van der Waals surface area contributed by atoms with Crippen LogP contribution in [0.15, 0.2) is 36.7 Å². The summed E-state index contributed by atoms with van der Waals surface area (Å²) in [5, 5.41) is 2.80. The van der Waals surface area contributed by atoms with Crippen molar-refractivity contribution in [3.63, 3.8) is 0 Å². The number of amides is 1. The van der Waals surface area contributed by atoms with Crippen molar-refractivity contribution >= 4 is 11.7 Å². The Balaban J connectivity index is 2.03. The van der Waals surface area contributed by atoms with Gasteiger partial charge in [0.1, 0.15) is 5.69 Å². The molecule has 6 nitrogen and oxygen atoms in total. The maximum atomic E-state index is 11.9. The third-order valence-electron chi connectivity index (χ3n) is 2.72. The SMILES string of the molecule is Cc1ccccc1CNC(=O)c1cncc(NN)n1. The lowest BCUT2D eigenvalue weighted by atomic mass is 10.1. The minimum atomic E-state index is -0.284. The molecule has 0 aliphatic heterocycles. The highest BCUT2D eigenvalue weighted by atomic mass is 16.1. The van der Waals surface area contributed by atoms with E-state index in [4.69, 9.17) is 5.84 Å². The quantitative estimate of drug-likeness (QED) is 0.561. The van der Waals surface area contributed by atoms with E-state index in [-0.39, 0.29) is 11.6 Å². The second-order valence-electron chi connectivity index (χ2n) is 4.04. The van der Waals surface area contributed by atoms with Gasteiger partial charge in [-0.3, -0.25) is 9.78 Å². The van der Waals surface area contributed by atoms with Gasteiger partial charge in [-0.25, -0.2) is 10.8 Å². The molecule has 0 aliphatic rings. The Bertz CT molecular complexity index is 585. The lowest BCUT2D eigenvalue weighted by Crippen LogP contribution is -2.25. The fourth-order valence-electron chi connectivity index (χ4n) is 1.62. The van der Waals surface area contributed by atoms with Gasteiger partial charge in [0, 0.05) is 6.54 Å². The zero-order valence-electron chi connectivity index (χ0n) is 10.6. The smallest absolute Gasteiger partial charge is 0.271 e. The first-order valence-electron chi connectivity index (χ1n) is 5.82. The van der Waals surface area contributed by atoms with E-state index in [0.29, 0.717) is 12.4 Å². The highest BCUT2D eigenvalue weighted by molar-refractivity contribution is 5.92. The Kier molecular flexibility index (Phi) is 4.04. The van der Waals surface area contributed by atoms with Crippen molar-refractivity contribution in [1.82, 2.24) is 15.3 Å². The summed E-state index contributed by atoms with van der Waals surface area (Å²) in [5.41, 5.74) is 4.77. The largest absolute Gasteiger partial charge is 0.347 e. The summed E-state index contributed by atoms with van der Waals surface area (Å²) in [6.45, 7) is 2.45. The Hall–Kier alpha value is -2.47. The Morgan fingerprint density at radius 1 is 1.32 bits per heavy atom. The van der Waals surface area contributed by atoms with Gasteiger partial charge in [0.25, 0.3) is 5.91 Å². The number of nitrogens with two attached hydrogens (primary N) is 1. The number of nitrogen functional groups attached to an aromatic ring is 1. The van der Waals surface area contributed by atoms with Crippen molar-refractivity contribution < 1.29 is 4.79 Å². The van der Waals surface area contributed by atoms with E-state index in [2.05, 4.69) is 20.7 Å². The fourth-order valence-corrected chi connectivity index (χ4v) is 1.62. The topological polar surface area (TPSA) is 92.9 Å². The molecule has 1 aromatic carbocycles. The minimum Gasteiger partial charge on any atom is -0.347 e. The molecule has 0 saturated carbocycles. The summed E-state index contributed by atoms with van der Waals surface area (Å²) >= 11 is 0. The van der Waals surface area contributed by atoms with Crippen LogP contribution in [0.1, 0.15) is 21.6 Å². The van der Waals surface area contributed by atoms with Crippen molar-refractivity contribution in [2.24, 2.45) is 5.84 Å². The molecule has 0 aliphatic carbocycles. The number of anilines is 1. The highest BCUT2D eigenvalue weighted by Gasteiger charge is 2.08. The number of carbonyl (C=O) groups excluding carboxylic acids is 1. The van der Waals surface area contributed by atoms with Crippen molar-refractivity contribution in [2.75, 3.05) is 5.43 Å². The third-order valence-corrected chi connectivity index (χ3v) is 2.72. The molecular weight excluding hydrogens is 242 g/mol. The van der Waals surface area contributed by atoms with Crippen LogP contribution >= 0.6 is 0 Å². The zero-order valence-corrected chi connectivity index (χ0v) is 10.6. The number of carbonyl (C=O) groups is 1. The first-order valence-corrected chi connectivity index (χ1v) is 5.82. The highest BCUT2D eigenvalue weighted by Crippen LogP contribution is 2.07. The molecule has 2 aromatic rings. The van der Waals surface area contributed by atoms with Crippen LogP contribution in [-0.2, 0) is 6.54 Å². The van der Waals surface area contributed by atoms with Crippen molar-refractivity contribution in [1.29, 1.82) is 0 Å². The maximum absolute atomic E-state index is 11.9. The average molecular weight is 257 g/mol. The van der Waals surface area contributed by atoms with E-state index < -0.39 is 0 Å². The molecule has 19 heavy (non-hydrogen) atoms. The van der Waals surface area contributed by atoms with Crippen LogP contribution in [0.2, 0.25) is 0 Å². The van der Waals surface area contributed by atoms with Gasteiger partial charge in [0.2, 0.25) is 0 Å². The van der Waals surface area contributed by atoms with Gasteiger partial charge in [-0.05, 0) is 18.1 Å². The Morgan fingerprint density at radius 2 is 2.11 bits per heavy atom. The van der Waals surface area contributed by atoms with Crippen LogP contribution in [-0.4, -0.2) is 15.9 Å². The van der Waals surface area contributed by atoms with Gasteiger partial charge >= 0.3 is 0 Å². The molecule has 6 heteroatoms. The molecule has 1 aromatic heterocycles. The molecule has 4 N–H and O–H groups in total. The molecular formula is C13H15N5O. The van der Waals surface area contributed by atoms with Gasteiger partial charge in [-0.15, -0.1) is 0 Å². The van der Waals surface area contributed by atoms with E-state index in [1.807, 2.05) is 31.2 Å². The van der Waals surface area contributed by atoms with E-state index in [1.165, 1.54) is 12.4 Å². The van der Waals surface area contributed by atoms with Crippen molar-refractivity contribution in [3.05, 3.63) is 53.5 Å². The first kappa shape index (κ1) is 13.0. The number of hydrogen-bond donors (Lipinski definition) is 3. The predicted octanol–water partition coefficient (Wildman–Crippen LogP) is 1.00. The summed E-state index contributed by atoms with van der Waals surface area (Å²) in [6.07, 6.45) is 2.84. The second-order valence-corrected chi connectivity index (χ2v) is 4.04. The lowest BCUT2D eigenvalue weighted by Gasteiger charge is -2.07. The van der Waals surface area contributed by atoms with Crippen LogP contribution in [0.3, 0.4) is 0 Å². The lowest BCUT2D eigenvalue weighted by molar-refractivity contribution is 0.0945. The number of aryl methyl sites for hydroxylation is 1. The summed E-state index contributed by atoms with van der Waals surface area (Å²) in [5.74, 6) is 5.29.